The van der Waals surface area contributed by atoms with Crippen LogP contribution in [0.3, 0.4) is 0 Å². The molecule has 3 aromatic heterocycles. The lowest BCUT2D eigenvalue weighted by molar-refractivity contribution is 0.645. The van der Waals surface area contributed by atoms with Gasteiger partial charge in [0.1, 0.15) is 5.58 Å². The monoisotopic (exact) mass is 752 g/mol. The first kappa shape index (κ1) is 33.3. The molecule has 0 N–H and O–H groups in total. The first-order valence-electron chi connectivity index (χ1n) is 20.2. The number of rotatable bonds is 6. The molecule has 0 saturated carbocycles. The Hall–Kier alpha value is -7.88. The van der Waals surface area contributed by atoms with Gasteiger partial charge in [-0.2, -0.15) is 0 Å². The molecule has 0 saturated heterocycles. The minimum atomic E-state index is 0.872. The highest BCUT2D eigenvalue weighted by atomic mass is 16.3. The molecule has 3 heteroatoms. The fourth-order valence-electron chi connectivity index (χ4n) is 9.13. The van der Waals surface area contributed by atoms with Crippen LogP contribution in [-0.2, 0) is 0 Å². The third-order valence-corrected chi connectivity index (χ3v) is 11.9. The first-order valence-corrected chi connectivity index (χ1v) is 20.2. The van der Waals surface area contributed by atoms with Gasteiger partial charge >= 0.3 is 0 Å². The van der Waals surface area contributed by atoms with E-state index in [4.69, 9.17) is 4.42 Å². The Morgan fingerprint density at radius 3 is 1.39 bits per heavy atom. The normalized spacial score (nSPS) is 11.7. The minimum Gasteiger partial charge on any atom is -0.439 e. The van der Waals surface area contributed by atoms with E-state index in [9.17, 15) is 0 Å². The van der Waals surface area contributed by atoms with Gasteiger partial charge in [-0.05, 0) is 111 Å². The van der Waals surface area contributed by atoms with Crippen molar-refractivity contribution >= 4 is 54.8 Å². The summed E-state index contributed by atoms with van der Waals surface area (Å²) in [6.45, 7) is 0. The number of hydrogen-bond donors (Lipinski definition) is 0. The van der Waals surface area contributed by atoms with Gasteiger partial charge in [0.2, 0.25) is 5.71 Å². The molecule has 0 unspecified atom stereocenters. The molecule has 12 aromatic rings. The van der Waals surface area contributed by atoms with Gasteiger partial charge in [0.15, 0.2) is 0 Å². The molecule has 3 heterocycles. The fourth-order valence-corrected chi connectivity index (χ4v) is 9.13. The molecule has 0 amide bonds. The van der Waals surface area contributed by atoms with Crippen LogP contribution in [-0.4, -0.2) is 9.13 Å². The summed E-state index contributed by atoms with van der Waals surface area (Å²) in [7, 11) is 0. The van der Waals surface area contributed by atoms with Crippen LogP contribution in [0.1, 0.15) is 0 Å². The summed E-state index contributed by atoms with van der Waals surface area (Å²) < 4.78 is 11.3. The van der Waals surface area contributed by atoms with Gasteiger partial charge in [0.05, 0.1) is 21.9 Å². The standard InChI is InChI=1S/C56H36N2O/c1-4-14-37(15-5-1)43-32-44(38-16-6-2-7-17-38)34-46(33-43)57-51-22-12-10-20-47(51)49-35-41(28-30-53(49)57)39-24-26-40(27-25-39)42-29-31-54-50(36-42)55-48-21-11-13-23-52(48)58(56(55)59-54)45-18-8-3-9-19-45/h1-36H. The second-order valence-corrected chi connectivity index (χ2v) is 15.3. The van der Waals surface area contributed by atoms with Crippen molar-refractivity contribution in [1.29, 1.82) is 0 Å². The summed E-state index contributed by atoms with van der Waals surface area (Å²) in [6.07, 6.45) is 0. The van der Waals surface area contributed by atoms with Gasteiger partial charge in [-0.25, -0.2) is 0 Å². The predicted molar refractivity (Wildman–Crippen MR) is 247 cm³/mol. The zero-order valence-corrected chi connectivity index (χ0v) is 32.1. The average molecular weight is 753 g/mol. The lowest BCUT2D eigenvalue weighted by Crippen LogP contribution is -1.96. The second-order valence-electron chi connectivity index (χ2n) is 15.3. The topological polar surface area (TPSA) is 23.0 Å². The molecule has 0 aliphatic heterocycles. The van der Waals surface area contributed by atoms with Crippen LogP contribution in [0.15, 0.2) is 223 Å². The molecule has 3 nitrogen and oxygen atoms in total. The van der Waals surface area contributed by atoms with Crippen LogP contribution in [0.4, 0.5) is 0 Å². The SMILES string of the molecule is c1ccc(-c2cc(-c3ccccc3)cc(-n3c4ccccc4c4cc(-c5ccc(-c6ccc7oc8c(c7c6)c6ccccc6n8-c6ccccc6)cc5)ccc43)c2)cc1. The van der Waals surface area contributed by atoms with E-state index in [1.807, 2.05) is 6.07 Å². The molecular formula is C56H36N2O. The van der Waals surface area contributed by atoms with Crippen molar-refractivity contribution in [3.8, 4) is 55.9 Å². The van der Waals surface area contributed by atoms with Gasteiger partial charge in [-0.3, -0.25) is 4.57 Å². The molecule has 0 fully saturated rings. The Bertz CT molecular complexity index is 3460. The quantitative estimate of drug-likeness (QED) is 0.166. The molecule has 0 atom stereocenters. The Labute approximate surface area is 341 Å². The molecular weight excluding hydrogens is 717 g/mol. The summed E-state index contributed by atoms with van der Waals surface area (Å²) in [5, 5.41) is 5.93. The number of aromatic nitrogens is 2. The van der Waals surface area contributed by atoms with E-state index in [0.717, 1.165) is 44.5 Å². The number of nitrogens with zero attached hydrogens (tertiary/aromatic N) is 2. The van der Waals surface area contributed by atoms with E-state index < -0.39 is 0 Å². The van der Waals surface area contributed by atoms with Crippen molar-refractivity contribution in [2.45, 2.75) is 0 Å². The fraction of sp³-hybridized carbons (Fsp3) is 0. The summed E-state index contributed by atoms with van der Waals surface area (Å²) in [5.74, 6) is 0. The molecule has 0 aliphatic carbocycles. The number of fused-ring (bicyclic) bond motifs is 8. The lowest BCUT2D eigenvalue weighted by Gasteiger charge is -2.14. The molecule has 9 aromatic carbocycles. The van der Waals surface area contributed by atoms with Crippen LogP contribution >= 0.6 is 0 Å². The van der Waals surface area contributed by atoms with Crippen LogP contribution < -0.4 is 0 Å². The van der Waals surface area contributed by atoms with Crippen LogP contribution in [0, 0.1) is 0 Å². The first-order chi connectivity index (χ1) is 29.2. The average Bonchev–Trinajstić information content (AvgIpc) is 3.96. The van der Waals surface area contributed by atoms with Gasteiger partial charge < -0.3 is 8.98 Å². The van der Waals surface area contributed by atoms with E-state index in [1.54, 1.807) is 0 Å². The van der Waals surface area contributed by atoms with Crippen molar-refractivity contribution in [3.63, 3.8) is 0 Å². The van der Waals surface area contributed by atoms with Crippen molar-refractivity contribution < 1.29 is 4.42 Å². The van der Waals surface area contributed by atoms with Crippen LogP contribution in [0.25, 0.3) is 111 Å². The number of benzene rings is 9. The van der Waals surface area contributed by atoms with E-state index >= 15 is 0 Å². The lowest BCUT2D eigenvalue weighted by atomic mass is 9.97. The van der Waals surface area contributed by atoms with E-state index in [0.29, 0.717) is 0 Å². The molecule has 59 heavy (non-hydrogen) atoms. The van der Waals surface area contributed by atoms with E-state index in [2.05, 4.69) is 221 Å². The maximum Gasteiger partial charge on any atom is 0.213 e. The summed E-state index contributed by atoms with van der Waals surface area (Å²) in [4.78, 5) is 0. The van der Waals surface area contributed by atoms with Crippen LogP contribution in [0.5, 0.6) is 0 Å². The molecule has 12 rings (SSSR count). The largest absolute Gasteiger partial charge is 0.439 e. The number of para-hydroxylation sites is 3. The van der Waals surface area contributed by atoms with E-state index in [-0.39, 0.29) is 0 Å². The maximum atomic E-state index is 6.60. The van der Waals surface area contributed by atoms with Crippen molar-refractivity contribution in [3.05, 3.63) is 218 Å². The zero-order chi connectivity index (χ0) is 38.9. The van der Waals surface area contributed by atoms with Crippen LogP contribution in [0.2, 0.25) is 0 Å². The van der Waals surface area contributed by atoms with Gasteiger partial charge in [-0.1, -0.05) is 152 Å². The van der Waals surface area contributed by atoms with Gasteiger partial charge in [-0.15, -0.1) is 0 Å². The summed E-state index contributed by atoms with van der Waals surface area (Å²) in [5.41, 5.74) is 17.0. The Kier molecular flexibility index (Phi) is 7.54. The summed E-state index contributed by atoms with van der Waals surface area (Å²) in [6, 6.07) is 78.6. The van der Waals surface area contributed by atoms with Gasteiger partial charge in [0.25, 0.3) is 0 Å². The van der Waals surface area contributed by atoms with Crippen molar-refractivity contribution in [2.75, 3.05) is 0 Å². The smallest absolute Gasteiger partial charge is 0.213 e. The minimum absolute atomic E-state index is 0.872. The third-order valence-electron chi connectivity index (χ3n) is 11.9. The number of furan rings is 1. The Morgan fingerprint density at radius 2 is 0.746 bits per heavy atom. The van der Waals surface area contributed by atoms with Crippen molar-refractivity contribution in [2.24, 2.45) is 0 Å². The molecule has 0 bridgehead atoms. The molecule has 0 radical (unpaired) electrons. The highest BCUT2D eigenvalue weighted by Gasteiger charge is 2.20. The highest BCUT2D eigenvalue weighted by molar-refractivity contribution is 6.20. The molecule has 0 aliphatic rings. The zero-order valence-electron chi connectivity index (χ0n) is 32.1. The summed E-state index contributed by atoms with van der Waals surface area (Å²) >= 11 is 0. The third kappa shape index (κ3) is 5.44. The predicted octanol–water partition coefficient (Wildman–Crippen LogP) is 15.3. The second kappa shape index (κ2) is 13.4. The van der Waals surface area contributed by atoms with Crippen molar-refractivity contribution in [1.82, 2.24) is 9.13 Å². The molecule has 276 valence electrons. The van der Waals surface area contributed by atoms with Gasteiger partial charge in [0, 0.05) is 32.9 Å². The highest BCUT2D eigenvalue weighted by Crippen LogP contribution is 2.42. The number of hydrogen-bond acceptors (Lipinski definition) is 1. The maximum absolute atomic E-state index is 6.60. The Morgan fingerprint density at radius 1 is 0.271 bits per heavy atom. The molecule has 0 spiro atoms. The van der Waals surface area contributed by atoms with E-state index in [1.165, 1.54) is 66.1 Å². The Balaban J connectivity index is 0.947.